The molecule has 44 heavy (non-hydrogen) atoms. The summed E-state index contributed by atoms with van der Waals surface area (Å²) in [6.45, 7) is 4.01. The Morgan fingerprint density at radius 1 is 0.909 bits per heavy atom. The van der Waals surface area contributed by atoms with Gasteiger partial charge in [0.1, 0.15) is 18.1 Å². The zero-order valence-electron chi connectivity index (χ0n) is 24.6. The molecule has 0 saturated carbocycles. The molecule has 0 amide bonds. The zero-order chi connectivity index (χ0) is 31.6. The van der Waals surface area contributed by atoms with Gasteiger partial charge in [-0.3, -0.25) is 0 Å². The van der Waals surface area contributed by atoms with Gasteiger partial charge in [0.25, 0.3) is 0 Å². The predicted molar refractivity (Wildman–Crippen MR) is 172 cm³/mol. The van der Waals surface area contributed by atoms with Crippen molar-refractivity contribution in [2.75, 3.05) is 25.6 Å². The van der Waals surface area contributed by atoms with Crippen molar-refractivity contribution in [2.24, 2.45) is 0 Å². The van der Waals surface area contributed by atoms with E-state index >= 15 is 0 Å². The Balaban J connectivity index is 1.41. The Hall–Kier alpha value is -4.89. The molecule has 3 rings (SSSR count). The second kappa shape index (κ2) is 18.6. The van der Waals surface area contributed by atoms with Crippen molar-refractivity contribution in [3.8, 4) is 35.2 Å². The topological polar surface area (TPSA) is 102 Å². The normalized spacial score (nSPS) is 11.3. The maximum absolute atomic E-state index is 11.3. The second-order valence-corrected chi connectivity index (χ2v) is 10.4. The van der Waals surface area contributed by atoms with E-state index in [1.807, 2.05) is 85.8 Å². The Labute approximate surface area is 262 Å². The molecule has 0 bridgehead atoms. The van der Waals surface area contributed by atoms with Crippen molar-refractivity contribution in [3.05, 3.63) is 113 Å². The number of carboxylic acid groups (broad SMARTS) is 2. The Morgan fingerprint density at radius 2 is 1.61 bits per heavy atom. The lowest BCUT2D eigenvalue weighted by atomic mass is 10.1. The number of benzene rings is 3. The smallest absolute Gasteiger partial charge is 0.341 e. The van der Waals surface area contributed by atoms with Gasteiger partial charge in [0.15, 0.2) is 12.7 Å². The first-order valence-electron chi connectivity index (χ1n) is 13.9. The lowest BCUT2D eigenvalue weighted by Gasteiger charge is -2.12. The van der Waals surface area contributed by atoms with Crippen LogP contribution in [0.15, 0.2) is 95.9 Å². The van der Waals surface area contributed by atoms with Gasteiger partial charge in [0.05, 0.1) is 0 Å². The standard InChI is InChI=1S/C36H34O7S/c1-3-41-34(36(39)40)25-30-15-17-31(18-16-30)42-21-8-4-6-11-28-13-10-14-29(24-28)12-7-5-9-22-44-32-19-20-33(27(2)23-32)43-26-35(37)38/h4-5,8-10,13-20,23-24,34H,3,21-22,25-26H2,1-2H3,(H,37,38)(H,39,40). The highest BCUT2D eigenvalue weighted by Gasteiger charge is 2.17. The molecule has 8 heteroatoms. The Kier molecular flexibility index (Phi) is 14.2. The van der Waals surface area contributed by atoms with E-state index in [-0.39, 0.29) is 6.61 Å². The molecule has 0 radical (unpaired) electrons. The Bertz CT molecular complexity index is 1580. The highest BCUT2D eigenvalue weighted by Crippen LogP contribution is 2.25. The summed E-state index contributed by atoms with van der Waals surface area (Å²) in [4.78, 5) is 23.0. The van der Waals surface area contributed by atoms with Crippen molar-refractivity contribution < 1.29 is 34.0 Å². The molecule has 7 nitrogen and oxygen atoms in total. The summed E-state index contributed by atoms with van der Waals surface area (Å²) < 4.78 is 16.2. The molecule has 226 valence electrons. The maximum atomic E-state index is 11.3. The van der Waals surface area contributed by atoms with Crippen molar-refractivity contribution in [1.29, 1.82) is 0 Å². The van der Waals surface area contributed by atoms with Crippen molar-refractivity contribution in [1.82, 2.24) is 0 Å². The molecular formula is C36H34O7S. The third-order valence-electron chi connectivity index (χ3n) is 5.88. The van der Waals surface area contributed by atoms with Crippen LogP contribution in [-0.2, 0) is 20.7 Å². The highest BCUT2D eigenvalue weighted by atomic mass is 32.2. The molecule has 0 aliphatic rings. The van der Waals surface area contributed by atoms with Gasteiger partial charge in [-0.05, 0) is 91.7 Å². The van der Waals surface area contributed by atoms with Gasteiger partial charge in [-0.1, -0.05) is 48.0 Å². The van der Waals surface area contributed by atoms with E-state index in [0.717, 1.165) is 32.9 Å². The molecule has 0 aliphatic heterocycles. The summed E-state index contributed by atoms with van der Waals surface area (Å²) in [7, 11) is 0. The van der Waals surface area contributed by atoms with E-state index < -0.39 is 18.0 Å². The zero-order valence-corrected chi connectivity index (χ0v) is 25.4. The molecule has 2 N–H and O–H groups in total. The van der Waals surface area contributed by atoms with Crippen LogP contribution in [0.1, 0.15) is 29.2 Å². The highest BCUT2D eigenvalue weighted by molar-refractivity contribution is 7.99. The van der Waals surface area contributed by atoms with Gasteiger partial charge in [-0.15, -0.1) is 11.8 Å². The molecule has 0 aromatic heterocycles. The van der Waals surface area contributed by atoms with Gasteiger partial charge in [0.2, 0.25) is 0 Å². The van der Waals surface area contributed by atoms with Gasteiger partial charge >= 0.3 is 11.9 Å². The fourth-order valence-electron chi connectivity index (χ4n) is 3.80. The summed E-state index contributed by atoms with van der Waals surface area (Å²) in [6, 6.07) is 20.7. The van der Waals surface area contributed by atoms with Crippen LogP contribution in [0.4, 0.5) is 0 Å². The molecule has 0 aliphatic carbocycles. The number of hydrogen-bond acceptors (Lipinski definition) is 6. The van der Waals surface area contributed by atoms with E-state index in [1.54, 1.807) is 30.8 Å². The number of rotatable bonds is 14. The number of carboxylic acids is 2. The van der Waals surface area contributed by atoms with Gasteiger partial charge in [-0.25, -0.2) is 9.59 Å². The van der Waals surface area contributed by atoms with Crippen LogP contribution in [0, 0.1) is 30.6 Å². The lowest BCUT2D eigenvalue weighted by molar-refractivity contribution is -0.150. The summed E-state index contributed by atoms with van der Waals surface area (Å²) in [5.41, 5.74) is 3.48. The predicted octanol–water partition coefficient (Wildman–Crippen LogP) is 6.18. The largest absolute Gasteiger partial charge is 0.490 e. The lowest BCUT2D eigenvalue weighted by Crippen LogP contribution is -2.26. The van der Waals surface area contributed by atoms with Crippen LogP contribution in [0.3, 0.4) is 0 Å². The minimum Gasteiger partial charge on any atom is -0.490 e. The monoisotopic (exact) mass is 610 g/mol. The van der Waals surface area contributed by atoms with E-state index in [2.05, 4.69) is 23.7 Å². The number of ether oxygens (including phenoxy) is 3. The average Bonchev–Trinajstić information content (AvgIpc) is 3.00. The minimum absolute atomic E-state index is 0.300. The first-order valence-corrected chi connectivity index (χ1v) is 14.9. The van der Waals surface area contributed by atoms with Gasteiger partial charge in [-0.2, -0.15) is 0 Å². The van der Waals surface area contributed by atoms with Crippen LogP contribution < -0.4 is 9.47 Å². The van der Waals surface area contributed by atoms with Crippen LogP contribution in [0.2, 0.25) is 0 Å². The first kappa shape index (κ1) is 33.6. The number of allylic oxidation sites excluding steroid dienone is 2. The maximum Gasteiger partial charge on any atom is 0.341 e. The first-order chi connectivity index (χ1) is 21.3. The van der Waals surface area contributed by atoms with E-state index in [4.69, 9.17) is 19.3 Å². The third-order valence-corrected chi connectivity index (χ3v) is 6.82. The van der Waals surface area contributed by atoms with Crippen molar-refractivity contribution in [2.45, 2.75) is 31.3 Å². The van der Waals surface area contributed by atoms with Crippen molar-refractivity contribution in [3.63, 3.8) is 0 Å². The molecule has 3 aromatic carbocycles. The fraction of sp³-hybridized carbons (Fsp3) is 0.222. The van der Waals surface area contributed by atoms with E-state index in [9.17, 15) is 14.7 Å². The van der Waals surface area contributed by atoms with Crippen LogP contribution >= 0.6 is 11.8 Å². The number of aryl methyl sites for hydroxylation is 1. The molecule has 0 heterocycles. The quantitative estimate of drug-likeness (QED) is 0.165. The molecule has 0 spiro atoms. The van der Waals surface area contributed by atoms with Gasteiger partial charge in [0, 0.05) is 34.8 Å². The molecule has 0 saturated heterocycles. The Morgan fingerprint density at radius 3 is 2.25 bits per heavy atom. The molecule has 3 aromatic rings. The summed E-state index contributed by atoms with van der Waals surface area (Å²) in [5, 5.41) is 18.0. The molecular weight excluding hydrogens is 576 g/mol. The molecule has 1 unspecified atom stereocenters. The van der Waals surface area contributed by atoms with E-state index in [1.165, 1.54) is 0 Å². The summed E-state index contributed by atoms with van der Waals surface area (Å²) >= 11 is 1.65. The summed E-state index contributed by atoms with van der Waals surface area (Å²) in [6.07, 6.45) is 6.83. The van der Waals surface area contributed by atoms with Gasteiger partial charge < -0.3 is 24.4 Å². The number of carbonyl (C=O) groups is 2. The third kappa shape index (κ3) is 12.5. The van der Waals surface area contributed by atoms with Crippen molar-refractivity contribution >= 4 is 23.7 Å². The second-order valence-electron chi connectivity index (χ2n) is 9.29. The minimum atomic E-state index is -1.00. The number of aliphatic carboxylic acids is 2. The average molecular weight is 611 g/mol. The van der Waals surface area contributed by atoms with E-state index in [0.29, 0.717) is 31.1 Å². The fourth-order valence-corrected chi connectivity index (χ4v) is 4.60. The molecule has 1 atom stereocenters. The van der Waals surface area contributed by atoms with Crippen LogP contribution in [0.25, 0.3) is 0 Å². The summed E-state index contributed by atoms with van der Waals surface area (Å²) in [5.74, 6) is 12.3. The molecule has 0 fully saturated rings. The van der Waals surface area contributed by atoms with Crippen LogP contribution in [-0.4, -0.2) is 53.8 Å². The van der Waals surface area contributed by atoms with Crippen LogP contribution in [0.5, 0.6) is 11.5 Å². The SMILES string of the molecule is CCOC(Cc1ccc(OCC=CC#Cc2cccc(C#CC=CCSc3ccc(OCC(=O)O)c(C)c3)c2)cc1)C(=O)O. The number of thioether (sulfide) groups is 1. The number of hydrogen-bond donors (Lipinski definition) is 2.